The van der Waals surface area contributed by atoms with Crippen molar-refractivity contribution < 1.29 is 4.79 Å². The first-order chi connectivity index (χ1) is 14.2. The Morgan fingerprint density at radius 1 is 1.28 bits per heavy atom. The molecule has 3 unspecified atom stereocenters. The van der Waals surface area contributed by atoms with Gasteiger partial charge in [-0.25, -0.2) is 9.97 Å². The molecule has 2 aromatic rings. The SMILES string of the molecule is C=CC1=C(C=C)C2N(c3ncnc4[nH]ccc34)CCC23CCN(C(=O)CC#N)C13. The van der Waals surface area contributed by atoms with Gasteiger partial charge >= 0.3 is 0 Å². The van der Waals surface area contributed by atoms with Crippen LogP contribution in [0.4, 0.5) is 5.82 Å². The number of aromatic amines is 1. The summed E-state index contributed by atoms with van der Waals surface area (Å²) in [5, 5.41) is 10.0. The molecule has 1 spiro atoms. The summed E-state index contributed by atoms with van der Waals surface area (Å²) in [6.45, 7) is 9.65. The van der Waals surface area contributed by atoms with E-state index >= 15 is 0 Å². The summed E-state index contributed by atoms with van der Waals surface area (Å²) in [7, 11) is 0. The molecule has 3 atom stereocenters. The normalized spacial score (nSPS) is 27.8. The number of H-pyrrole nitrogens is 1. The number of nitrogens with one attached hydrogen (secondary N) is 1. The molecule has 146 valence electrons. The van der Waals surface area contributed by atoms with Crippen molar-refractivity contribution in [2.24, 2.45) is 5.41 Å². The molecule has 0 aromatic carbocycles. The van der Waals surface area contributed by atoms with Crippen molar-refractivity contribution in [3.8, 4) is 6.07 Å². The van der Waals surface area contributed by atoms with E-state index in [-0.39, 0.29) is 29.8 Å². The molecule has 7 heteroatoms. The van der Waals surface area contributed by atoms with Crippen molar-refractivity contribution in [2.75, 3.05) is 18.0 Å². The Balaban J connectivity index is 1.65. The molecular weight excluding hydrogens is 364 g/mol. The van der Waals surface area contributed by atoms with Crippen LogP contribution in [0.5, 0.6) is 0 Å². The molecule has 0 bridgehead atoms. The maximum Gasteiger partial charge on any atom is 0.237 e. The highest BCUT2D eigenvalue weighted by atomic mass is 16.2. The summed E-state index contributed by atoms with van der Waals surface area (Å²) >= 11 is 0. The van der Waals surface area contributed by atoms with Crippen molar-refractivity contribution in [2.45, 2.75) is 31.3 Å². The fraction of sp³-hybridized carbons (Fsp3) is 0.364. The summed E-state index contributed by atoms with van der Waals surface area (Å²) in [6.07, 6.45) is 8.99. The Kier molecular flexibility index (Phi) is 3.85. The molecule has 2 fully saturated rings. The lowest BCUT2D eigenvalue weighted by molar-refractivity contribution is -0.130. The Morgan fingerprint density at radius 2 is 2.03 bits per heavy atom. The Morgan fingerprint density at radius 3 is 2.79 bits per heavy atom. The fourth-order valence-corrected chi connectivity index (χ4v) is 5.84. The van der Waals surface area contributed by atoms with Gasteiger partial charge in [0, 0.05) is 24.7 Å². The quantitative estimate of drug-likeness (QED) is 0.873. The van der Waals surface area contributed by atoms with Gasteiger partial charge in [0.2, 0.25) is 5.91 Å². The van der Waals surface area contributed by atoms with Gasteiger partial charge < -0.3 is 14.8 Å². The Bertz CT molecular complexity index is 1110. The number of aromatic nitrogens is 3. The van der Waals surface area contributed by atoms with E-state index in [1.54, 1.807) is 6.33 Å². The number of anilines is 1. The minimum absolute atomic E-state index is 0.0626. The second-order valence-corrected chi connectivity index (χ2v) is 7.91. The maximum atomic E-state index is 12.7. The minimum atomic E-state index is -0.105. The van der Waals surface area contributed by atoms with E-state index in [0.717, 1.165) is 47.4 Å². The molecule has 7 nitrogen and oxygen atoms in total. The second kappa shape index (κ2) is 6.31. The Hall–Kier alpha value is -3.40. The zero-order valence-electron chi connectivity index (χ0n) is 16.1. The van der Waals surface area contributed by atoms with Crippen molar-refractivity contribution in [3.05, 3.63) is 55.0 Å². The molecule has 5 rings (SSSR count). The molecule has 1 aliphatic carbocycles. The number of fused-ring (bicyclic) bond motifs is 1. The summed E-state index contributed by atoms with van der Waals surface area (Å²) < 4.78 is 0. The number of amides is 1. The van der Waals surface area contributed by atoms with E-state index in [1.165, 1.54) is 0 Å². The van der Waals surface area contributed by atoms with Crippen molar-refractivity contribution in [1.29, 1.82) is 5.26 Å². The zero-order chi connectivity index (χ0) is 20.2. The summed E-state index contributed by atoms with van der Waals surface area (Å²) in [4.78, 5) is 29.0. The summed E-state index contributed by atoms with van der Waals surface area (Å²) in [5.41, 5.74) is 2.87. The van der Waals surface area contributed by atoms with Crippen molar-refractivity contribution in [3.63, 3.8) is 0 Å². The van der Waals surface area contributed by atoms with E-state index in [9.17, 15) is 4.79 Å². The Labute approximate surface area is 169 Å². The van der Waals surface area contributed by atoms with E-state index in [0.29, 0.717) is 6.54 Å². The zero-order valence-corrected chi connectivity index (χ0v) is 16.1. The van der Waals surface area contributed by atoms with Crippen LogP contribution in [0.3, 0.4) is 0 Å². The molecule has 1 N–H and O–H groups in total. The largest absolute Gasteiger partial charge is 0.348 e. The topological polar surface area (TPSA) is 88.9 Å². The molecule has 2 aromatic heterocycles. The predicted octanol–water partition coefficient (Wildman–Crippen LogP) is 2.72. The monoisotopic (exact) mass is 386 g/mol. The molecule has 1 amide bonds. The number of carbonyl (C=O) groups is 1. The van der Waals surface area contributed by atoms with Crippen molar-refractivity contribution in [1.82, 2.24) is 19.9 Å². The molecule has 0 saturated carbocycles. The maximum absolute atomic E-state index is 12.7. The van der Waals surface area contributed by atoms with Crippen LogP contribution in [0.1, 0.15) is 19.3 Å². The van der Waals surface area contributed by atoms with Gasteiger partial charge in [0.05, 0.1) is 23.5 Å². The van der Waals surface area contributed by atoms with Crippen LogP contribution in [0, 0.1) is 16.7 Å². The predicted molar refractivity (Wildman–Crippen MR) is 110 cm³/mol. The van der Waals surface area contributed by atoms with Gasteiger partial charge in [-0.3, -0.25) is 4.79 Å². The second-order valence-electron chi connectivity index (χ2n) is 7.91. The van der Waals surface area contributed by atoms with Crippen LogP contribution in [-0.2, 0) is 4.79 Å². The number of carbonyl (C=O) groups excluding carboxylic acids is 1. The molecule has 4 heterocycles. The van der Waals surface area contributed by atoms with Gasteiger partial charge in [0.25, 0.3) is 0 Å². The average Bonchev–Trinajstić information content (AvgIpc) is 3.47. The highest BCUT2D eigenvalue weighted by Crippen LogP contribution is 2.59. The molecular formula is C22H22N6O. The highest BCUT2D eigenvalue weighted by molar-refractivity contribution is 5.88. The van der Waals surface area contributed by atoms with Gasteiger partial charge in [-0.1, -0.05) is 25.3 Å². The first-order valence-corrected chi connectivity index (χ1v) is 9.86. The number of nitrogens with zero attached hydrogens (tertiary/aromatic N) is 5. The van der Waals surface area contributed by atoms with Crippen LogP contribution in [0.25, 0.3) is 11.0 Å². The summed E-state index contributed by atoms with van der Waals surface area (Å²) in [5.74, 6) is 0.801. The van der Waals surface area contributed by atoms with Crippen LogP contribution < -0.4 is 4.90 Å². The number of hydrogen-bond donors (Lipinski definition) is 1. The molecule has 2 saturated heterocycles. The number of hydrogen-bond acceptors (Lipinski definition) is 5. The van der Waals surface area contributed by atoms with Gasteiger partial charge in [-0.05, 0) is 30.1 Å². The molecule has 2 aliphatic heterocycles. The molecule has 0 radical (unpaired) electrons. The van der Waals surface area contributed by atoms with E-state index in [4.69, 9.17) is 5.26 Å². The van der Waals surface area contributed by atoms with Crippen molar-refractivity contribution >= 4 is 22.8 Å². The standard InChI is InChI=1S/C22H22N6O/c1-3-14-15(4-2)19-22(7-11-27(18(14)22)17(29)5-9-23)8-12-28(19)21-16-6-10-24-20(16)25-13-26-21/h3-4,6,10,13,18-19H,1-2,5,7-8,11-12H2,(H,24,25,26). The van der Waals surface area contributed by atoms with Gasteiger partial charge in [0.1, 0.15) is 24.2 Å². The lowest BCUT2D eigenvalue weighted by Crippen LogP contribution is -2.45. The van der Waals surface area contributed by atoms with Gasteiger partial charge in [-0.2, -0.15) is 5.26 Å². The summed E-state index contributed by atoms with van der Waals surface area (Å²) in [6, 6.07) is 4.02. The lowest BCUT2D eigenvalue weighted by atomic mass is 9.76. The number of likely N-dealkylation sites (tertiary alicyclic amines) is 1. The molecule has 29 heavy (non-hydrogen) atoms. The van der Waals surface area contributed by atoms with Crippen LogP contribution in [-0.4, -0.2) is 50.9 Å². The third-order valence-corrected chi connectivity index (χ3v) is 6.87. The number of rotatable bonds is 4. The van der Waals surface area contributed by atoms with Crippen LogP contribution >= 0.6 is 0 Å². The average molecular weight is 386 g/mol. The first kappa shape index (κ1) is 17.7. The van der Waals surface area contributed by atoms with Crippen LogP contribution in [0.2, 0.25) is 0 Å². The number of nitriles is 1. The van der Waals surface area contributed by atoms with Crippen LogP contribution in [0.15, 0.2) is 55.0 Å². The fourth-order valence-electron chi connectivity index (χ4n) is 5.84. The van der Waals surface area contributed by atoms with E-state index in [2.05, 4.69) is 33.0 Å². The van der Waals surface area contributed by atoms with Gasteiger partial charge in [0.15, 0.2) is 0 Å². The lowest BCUT2D eigenvalue weighted by Gasteiger charge is -2.35. The highest BCUT2D eigenvalue weighted by Gasteiger charge is 2.64. The van der Waals surface area contributed by atoms with Gasteiger partial charge in [-0.15, -0.1) is 0 Å². The molecule has 3 aliphatic rings. The van der Waals surface area contributed by atoms with E-state index < -0.39 is 0 Å². The minimum Gasteiger partial charge on any atom is -0.348 e. The third-order valence-electron chi connectivity index (χ3n) is 6.87. The third kappa shape index (κ3) is 2.20. The first-order valence-electron chi connectivity index (χ1n) is 9.86. The van der Waals surface area contributed by atoms with E-state index in [1.807, 2.05) is 35.4 Å². The smallest absolute Gasteiger partial charge is 0.237 e.